The van der Waals surface area contributed by atoms with Crippen LogP contribution < -0.4 is 25.0 Å². The number of anilines is 1. The molecular weight excluding hydrogens is 700 g/mol. The summed E-state index contributed by atoms with van der Waals surface area (Å²) in [6, 6.07) is 12.3. The van der Waals surface area contributed by atoms with Gasteiger partial charge in [-0.15, -0.1) is 0 Å². The lowest BCUT2D eigenvalue weighted by atomic mass is 10.2. The van der Waals surface area contributed by atoms with Crippen LogP contribution in [0.25, 0.3) is 11.6 Å². The molecule has 0 atom stereocenters. The third kappa shape index (κ3) is 10.2. The van der Waals surface area contributed by atoms with Crippen molar-refractivity contribution >= 4 is 27.7 Å². The molecule has 2 aliphatic rings. The van der Waals surface area contributed by atoms with Gasteiger partial charge in [0.15, 0.2) is 0 Å². The SMILES string of the molecule is CC(C)(C)OC(=O)N1CCNCC1.COc1cc(-n2c(C)ccc2C)ncc1Br.COc1cc(-n2c(C)ccc2C)ncc1N1CCNCC1. The summed E-state index contributed by atoms with van der Waals surface area (Å²) >= 11 is 3.39. The molecule has 0 aliphatic carbocycles. The highest BCUT2D eigenvalue weighted by molar-refractivity contribution is 9.10. The first-order valence-corrected chi connectivity index (χ1v) is 17.8. The molecule has 2 fully saturated rings. The molecule has 2 saturated heterocycles. The van der Waals surface area contributed by atoms with Crippen LogP contribution in [0.4, 0.5) is 10.5 Å². The third-order valence-corrected chi connectivity index (χ3v) is 8.90. The number of hydrogen-bond donors (Lipinski definition) is 2. The van der Waals surface area contributed by atoms with Crippen molar-refractivity contribution in [3.8, 4) is 23.1 Å². The molecule has 13 heteroatoms. The minimum absolute atomic E-state index is 0.200. The van der Waals surface area contributed by atoms with Crippen LogP contribution in [0.3, 0.4) is 0 Å². The van der Waals surface area contributed by atoms with Crippen LogP contribution in [0, 0.1) is 27.7 Å². The van der Waals surface area contributed by atoms with E-state index in [0.717, 1.165) is 97.0 Å². The van der Waals surface area contributed by atoms with Gasteiger partial charge in [0.1, 0.15) is 28.7 Å². The van der Waals surface area contributed by atoms with Gasteiger partial charge in [-0.1, -0.05) is 0 Å². The maximum Gasteiger partial charge on any atom is 0.410 e. The van der Waals surface area contributed by atoms with E-state index in [-0.39, 0.29) is 11.7 Å². The average Bonchev–Trinajstić information content (AvgIpc) is 3.63. The molecule has 50 heavy (non-hydrogen) atoms. The van der Waals surface area contributed by atoms with Gasteiger partial charge in [-0.3, -0.25) is 0 Å². The molecule has 6 heterocycles. The largest absolute Gasteiger partial charge is 0.495 e. The number of amides is 1. The van der Waals surface area contributed by atoms with Crippen molar-refractivity contribution in [2.75, 3.05) is 71.5 Å². The zero-order valence-corrected chi connectivity index (χ0v) is 32.6. The number of methoxy groups -OCH3 is 2. The first-order valence-electron chi connectivity index (χ1n) is 17.0. The second kappa shape index (κ2) is 17.7. The number of carbonyl (C=O) groups is 1. The minimum Gasteiger partial charge on any atom is -0.495 e. The molecule has 0 spiro atoms. The van der Waals surface area contributed by atoms with E-state index < -0.39 is 0 Å². The van der Waals surface area contributed by atoms with Gasteiger partial charge in [0.05, 0.1) is 30.6 Å². The Morgan fingerprint density at radius 2 is 1.16 bits per heavy atom. The summed E-state index contributed by atoms with van der Waals surface area (Å²) < 4.78 is 21.2. The van der Waals surface area contributed by atoms with Crippen molar-refractivity contribution in [2.24, 2.45) is 0 Å². The topological polar surface area (TPSA) is 111 Å². The molecule has 6 rings (SSSR count). The summed E-state index contributed by atoms with van der Waals surface area (Å²) in [6.07, 6.45) is 3.49. The Labute approximate surface area is 305 Å². The van der Waals surface area contributed by atoms with Crippen LogP contribution in [-0.4, -0.2) is 102 Å². The Bertz CT molecular complexity index is 1660. The highest BCUT2D eigenvalue weighted by Crippen LogP contribution is 2.30. The fourth-order valence-corrected chi connectivity index (χ4v) is 6.15. The van der Waals surface area contributed by atoms with E-state index in [1.165, 1.54) is 11.4 Å². The number of aromatic nitrogens is 4. The summed E-state index contributed by atoms with van der Waals surface area (Å²) in [5.74, 6) is 3.46. The maximum absolute atomic E-state index is 11.5. The first kappa shape index (κ1) is 38.7. The van der Waals surface area contributed by atoms with Gasteiger partial charge in [-0.2, -0.15) is 0 Å². The van der Waals surface area contributed by atoms with E-state index in [1.54, 1.807) is 25.3 Å². The van der Waals surface area contributed by atoms with Crippen LogP contribution in [0.5, 0.6) is 11.5 Å². The van der Waals surface area contributed by atoms with E-state index in [1.807, 2.05) is 39.1 Å². The zero-order valence-electron chi connectivity index (χ0n) is 31.0. The number of rotatable bonds is 5. The molecule has 0 saturated carbocycles. The summed E-state index contributed by atoms with van der Waals surface area (Å²) in [7, 11) is 3.37. The maximum atomic E-state index is 11.5. The second-order valence-electron chi connectivity index (χ2n) is 13.2. The molecule has 1 amide bonds. The second-order valence-corrected chi connectivity index (χ2v) is 14.1. The molecule has 0 bridgehead atoms. The van der Waals surface area contributed by atoms with Gasteiger partial charge in [-0.25, -0.2) is 14.8 Å². The molecule has 4 aromatic rings. The van der Waals surface area contributed by atoms with Crippen molar-refractivity contribution < 1.29 is 19.0 Å². The Morgan fingerprint density at radius 1 is 0.720 bits per heavy atom. The highest BCUT2D eigenvalue weighted by atomic mass is 79.9. The monoisotopic (exact) mass is 752 g/mol. The quantitative estimate of drug-likeness (QED) is 0.254. The molecule has 2 N–H and O–H groups in total. The number of nitrogens with zero attached hydrogens (tertiary/aromatic N) is 6. The van der Waals surface area contributed by atoms with Crippen molar-refractivity contribution in [3.63, 3.8) is 0 Å². The predicted octanol–water partition coefficient (Wildman–Crippen LogP) is 5.99. The van der Waals surface area contributed by atoms with Gasteiger partial charge >= 0.3 is 6.09 Å². The summed E-state index contributed by atoms with van der Waals surface area (Å²) in [5.41, 5.74) is 5.37. The molecule has 2 aliphatic heterocycles. The van der Waals surface area contributed by atoms with Crippen LogP contribution >= 0.6 is 15.9 Å². The molecule has 272 valence electrons. The number of halogens is 1. The Hall–Kier alpha value is -4.07. The van der Waals surface area contributed by atoms with Crippen molar-refractivity contribution in [1.82, 2.24) is 34.6 Å². The highest BCUT2D eigenvalue weighted by Gasteiger charge is 2.23. The van der Waals surface area contributed by atoms with Crippen molar-refractivity contribution in [1.29, 1.82) is 0 Å². The lowest BCUT2D eigenvalue weighted by Gasteiger charge is -2.30. The number of hydrogen-bond acceptors (Lipinski definition) is 9. The van der Waals surface area contributed by atoms with Crippen molar-refractivity contribution in [3.05, 3.63) is 76.0 Å². The van der Waals surface area contributed by atoms with E-state index in [0.29, 0.717) is 0 Å². The van der Waals surface area contributed by atoms with E-state index in [2.05, 4.69) is 103 Å². The van der Waals surface area contributed by atoms with Crippen molar-refractivity contribution in [2.45, 2.75) is 54.1 Å². The molecule has 0 aromatic carbocycles. The minimum atomic E-state index is -0.387. The smallest absolute Gasteiger partial charge is 0.410 e. The lowest BCUT2D eigenvalue weighted by Crippen LogP contribution is -2.48. The molecule has 0 unspecified atom stereocenters. The molecule has 4 aromatic heterocycles. The summed E-state index contributed by atoms with van der Waals surface area (Å²) in [4.78, 5) is 24.6. The van der Waals surface area contributed by atoms with E-state index >= 15 is 0 Å². The number of carbonyl (C=O) groups excluding carboxylic acids is 1. The average molecular weight is 754 g/mol. The first-order chi connectivity index (χ1) is 23.8. The number of pyridine rings is 2. The number of nitrogens with one attached hydrogen (secondary N) is 2. The molecular formula is C37H53BrN8O4. The predicted molar refractivity (Wildman–Crippen MR) is 203 cm³/mol. The fraction of sp³-hybridized carbons (Fsp3) is 0.486. The summed E-state index contributed by atoms with van der Waals surface area (Å²) in [5, 5.41) is 6.55. The Morgan fingerprint density at radius 3 is 1.62 bits per heavy atom. The fourth-order valence-electron chi connectivity index (χ4n) is 5.77. The third-order valence-electron chi connectivity index (χ3n) is 8.30. The molecule has 12 nitrogen and oxygen atoms in total. The lowest BCUT2D eigenvalue weighted by molar-refractivity contribution is 0.0229. The van der Waals surface area contributed by atoms with Crippen LogP contribution in [0.2, 0.25) is 0 Å². The van der Waals surface area contributed by atoms with Gasteiger partial charge in [0, 0.05) is 93.5 Å². The normalized spacial score (nSPS) is 14.6. The van der Waals surface area contributed by atoms with Gasteiger partial charge < -0.3 is 43.8 Å². The van der Waals surface area contributed by atoms with Gasteiger partial charge in [0.25, 0.3) is 0 Å². The number of aryl methyl sites for hydroxylation is 4. The van der Waals surface area contributed by atoms with Crippen LogP contribution in [-0.2, 0) is 4.74 Å². The van der Waals surface area contributed by atoms with Gasteiger partial charge in [0.2, 0.25) is 0 Å². The number of ether oxygens (including phenoxy) is 3. The standard InChI is InChI=1S/C16H22N4O.C12H13BrN2O.C9H18N2O2/c1-12-4-5-13(2)20(12)16-10-15(21-3)14(11-18-16)19-8-6-17-7-9-19;1-8-4-5-9(2)15(8)12-6-11(16-3)10(13)7-14-12;1-9(2,3)13-8(12)11-6-4-10-5-7-11/h4-5,10-11,17H,6-9H2,1-3H3;4-7H,1-3H3;10H,4-7H2,1-3H3. The van der Waals surface area contributed by atoms with E-state index in [4.69, 9.17) is 14.2 Å². The summed E-state index contributed by atoms with van der Waals surface area (Å²) in [6.45, 7) is 21.1. The van der Waals surface area contributed by atoms with Crippen LogP contribution in [0.15, 0.2) is 53.3 Å². The Balaban J connectivity index is 0.000000174. The van der Waals surface area contributed by atoms with E-state index in [9.17, 15) is 4.79 Å². The number of piperazine rings is 2. The molecule has 0 radical (unpaired) electrons. The zero-order chi connectivity index (χ0) is 36.4. The van der Waals surface area contributed by atoms with Crippen LogP contribution in [0.1, 0.15) is 43.5 Å². The van der Waals surface area contributed by atoms with Gasteiger partial charge in [-0.05, 0) is 88.7 Å². The Kier molecular flexibility index (Phi) is 13.7.